The molecule has 1 aliphatic rings. The maximum atomic E-state index is 12.5. The average Bonchev–Trinajstić information content (AvgIpc) is 2.69. The van der Waals surface area contributed by atoms with Crippen LogP contribution in [-0.2, 0) is 16.1 Å². The van der Waals surface area contributed by atoms with Crippen molar-refractivity contribution in [2.45, 2.75) is 25.8 Å². The minimum atomic E-state index is -1.08. The molecule has 0 saturated carbocycles. The van der Waals surface area contributed by atoms with Gasteiger partial charge in [-0.2, -0.15) is 0 Å². The molecule has 0 bridgehead atoms. The van der Waals surface area contributed by atoms with E-state index in [0.29, 0.717) is 30.0 Å². The van der Waals surface area contributed by atoms with E-state index in [1.165, 1.54) is 6.07 Å². The molecule has 146 valence electrons. The van der Waals surface area contributed by atoms with Gasteiger partial charge in [0.15, 0.2) is 6.61 Å². The molecule has 1 aliphatic heterocycles. The van der Waals surface area contributed by atoms with Crippen molar-refractivity contribution in [2.75, 3.05) is 18.5 Å². The highest BCUT2D eigenvalue weighted by atomic mass is 16.5. The van der Waals surface area contributed by atoms with Crippen LogP contribution in [0.2, 0.25) is 0 Å². The fourth-order valence-electron chi connectivity index (χ4n) is 3.07. The Bertz CT molecular complexity index is 881. The number of carbonyl (C=O) groups excluding carboxylic acids is 2. The second-order valence-electron chi connectivity index (χ2n) is 6.64. The van der Waals surface area contributed by atoms with Crippen molar-refractivity contribution in [3.05, 3.63) is 59.7 Å². The highest BCUT2D eigenvalue weighted by molar-refractivity contribution is 6.04. The quantitative estimate of drug-likeness (QED) is 0.768. The van der Waals surface area contributed by atoms with Crippen molar-refractivity contribution in [3.8, 4) is 5.75 Å². The number of benzene rings is 2. The van der Waals surface area contributed by atoms with Gasteiger partial charge in [0, 0.05) is 30.8 Å². The van der Waals surface area contributed by atoms with E-state index in [-0.39, 0.29) is 11.8 Å². The lowest BCUT2D eigenvalue weighted by Crippen LogP contribution is -2.34. The van der Waals surface area contributed by atoms with Crippen LogP contribution in [0.3, 0.4) is 0 Å². The smallest absolute Gasteiger partial charge is 0.341 e. The zero-order chi connectivity index (χ0) is 19.9. The van der Waals surface area contributed by atoms with Gasteiger partial charge in [0.2, 0.25) is 5.91 Å². The van der Waals surface area contributed by atoms with Gasteiger partial charge >= 0.3 is 5.97 Å². The second-order valence-corrected chi connectivity index (χ2v) is 6.64. The standard InChI is InChI=1S/C21H22N2O5/c24-19-9-1-2-10-23(19)13-15-5-3-7-17(11-15)22-21(27)16-6-4-8-18(12-16)28-14-20(25)26/h3-8,11-12H,1-2,9-10,13-14H2,(H,22,27)(H,25,26). The lowest BCUT2D eigenvalue weighted by Gasteiger charge is -2.26. The summed E-state index contributed by atoms with van der Waals surface area (Å²) in [6.45, 7) is 0.821. The van der Waals surface area contributed by atoms with Crippen LogP contribution in [0.4, 0.5) is 5.69 Å². The summed E-state index contributed by atoms with van der Waals surface area (Å²) in [4.78, 5) is 36.9. The number of nitrogens with zero attached hydrogens (tertiary/aromatic N) is 1. The molecule has 28 heavy (non-hydrogen) atoms. The number of rotatable bonds is 7. The Kier molecular flexibility index (Phi) is 6.26. The van der Waals surface area contributed by atoms with Gasteiger partial charge in [0.1, 0.15) is 5.75 Å². The molecule has 0 spiro atoms. The maximum Gasteiger partial charge on any atom is 0.341 e. The number of carbonyl (C=O) groups is 3. The molecule has 7 nitrogen and oxygen atoms in total. The zero-order valence-corrected chi connectivity index (χ0v) is 15.4. The minimum absolute atomic E-state index is 0.166. The number of nitrogens with one attached hydrogen (secondary N) is 1. The van der Waals surface area contributed by atoms with Crippen molar-refractivity contribution in [3.63, 3.8) is 0 Å². The summed E-state index contributed by atoms with van der Waals surface area (Å²) in [6, 6.07) is 13.7. The third-order valence-electron chi connectivity index (χ3n) is 4.44. The van der Waals surface area contributed by atoms with Gasteiger partial charge in [0.05, 0.1) is 0 Å². The first kappa shape index (κ1) is 19.4. The van der Waals surface area contributed by atoms with Gasteiger partial charge in [-0.3, -0.25) is 9.59 Å². The Morgan fingerprint density at radius 1 is 1.11 bits per heavy atom. The molecular formula is C21H22N2O5. The van der Waals surface area contributed by atoms with Crippen LogP contribution in [0.25, 0.3) is 0 Å². The number of carboxylic acid groups (broad SMARTS) is 1. The number of piperidine rings is 1. The van der Waals surface area contributed by atoms with Crippen LogP contribution >= 0.6 is 0 Å². The van der Waals surface area contributed by atoms with E-state index in [4.69, 9.17) is 9.84 Å². The molecule has 0 radical (unpaired) electrons. The highest BCUT2D eigenvalue weighted by Gasteiger charge is 2.18. The van der Waals surface area contributed by atoms with Gasteiger partial charge in [-0.15, -0.1) is 0 Å². The number of amides is 2. The third kappa shape index (κ3) is 5.33. The van der Waals surface area contributed by atoms with Crippen molar-refractivity contribution >= 4 is 23.5 Å². The molecule has 1 saturated heterocycles. The van der Waals surface area contributed by atoms with Gasteiger partial charge in [-0.25, -0.2) is 4.79 Å². The van der Waals surface area contributed by atoms with Crippen LogP contribution in [0.5, 0.6) is 5.75 Å². The van der Waals surface area contributed by atoms with Crippen LogP contribution in [0.1, 0.15) is 35.2 Å². The topological polar surface area (TPSA) is 95.9 Å². The molecule has 0 unspecified atom stereocenters. The predicted molar refractivity (Wildman–Crippen MR) is 103 cm³/mol. The van der Waals surface area contributed by atoms with E-state index in [2.05, 4.69) is 5.32 Å². The van der Waals surface area contributed by atoms with Crippen LogP contribution < -0.4 is 10.1 Å². The van der Waals surface area contributed by atoms with Crippen molar-refractivity contribution in [2.24, 2.45) is 0 Å². The van der Waals surface area contributed by atoms with Crippen molar-refractivity contribution in [1.29, 1.82) is 0 Å². The van der Waals surface area contributed by atoms with Gasteiger partial charge < -0.3 is 20.1 Å². The molecule has 2 aromatic carbocycles. The number of carboxylic acids is 1. The third-order valence-corrected chi connectivity index (χ3v) is 4.44. The molecule has 2 N–H and O–H groups in total. The first-order chi connectivity index (χ1) is 13.5. The summed E-state index contributed by atoms with van der Waals surface area (Å²) in [7, 11) is 0. The molecule has 1 heterocycles. The summed E-state index contributed by atoms with van der Waals surface area (Å²) in [5.41, 5.74) is 1.94. The number of hydrogen-bond donors (Lipinski definition) is 2. The Balaban J connectivity index is 1.65. The number of anilines is 1. The monoisotopic (exact) mass is 382 g/mol. The van der Waals surface area contributed by atoms with E-state index in [0.717, 1.165) is 24.9 Å². The summed E-state index contributed by atoms with van der Waals surface area (Å²) >= 11 is 0. The Hall–Kier alpha value is -3.35. The maximum absolute atomic E-state index is 12.5. The lowest BCUT2D eigenvalue weighted by atomic mass is 10.1. The summed E-state index contributed by atoms with van der Waals surface area (Å²) in [5, 5.41) is 11.5. The van der Waals surface area contributed by atoms with E-state index >= 15 is 0 Å². The predicted octanol–water partition coefficient (Wildman–Crippen LogP) is 2.91. The average molecular weight is 382 g/mol. The fourth-order valence-corrected chi connectivity index (χ4v) is 3.07. The SMILES string of the molecule is O=C(O)COc1cccc(C(=O)Nc2cccc(CN3CCCCC3=O)c2)c1. The Morgan fingerprint density at radius 3 is 2.71 bits per heavy atom. The first-order valence-corrected chi connectivity index (χ1v) is 9.14. The van der Waals surface area contributed by atoms with Crippen molar-refractivity contribution in [1.82, 2.24) is 4.90 Å². The van der Waals surface area contributed by atoms with E-state index in [9.17, 15) is 14.4 Å². The van der Waals surface area contributed by atoms with E-state index in [1.807, 2.05) is 23.1 Å². The van der Waals surface area contributed by atoms with Gasteiger partial charge in [-0.05, 0) is 48.7 Å². The molecule has 0 atom stereocenters. The Labute approximate surface area is 162 Å². The summed E-state index contributed by atoms with van der Waals surface area (Å²) in [5.74, 6) is -0.933. The molecule has 3 rings (SSSR count). The molecule has 7 heteroatoms. The highest BCUT2D eigenvalue weighted by Crippen LogP contribution is 2.19. The van der Waals surface area contributed by atoms with Gasteiger partial charge in [-0.1, -0.05) is 18.2 Å². The number of hydrogen-bond acceptors (Lipinski definition) is 4. The molecular weight excluding hydrogens is 360 g/mol. The molecule has 0 aromatic heterocycles. The van der Waals surface area contributed by atoms with Crippen LogP contribution in [-0.4, -0.2) is 40.9 Å². The Morgan fingerprint density at radius 2 is 1.93 bits per heavy atom. The van der Waals surface area contributed by atoms with E-state index in [1.54, 1.807) is 24.3 Å². The van der Waals surface area contributed by atoms with E-state index < -0.39 is 12.6 Å². The molecule has 0 aliphatic carbocycles. The summed E-state index contributed by atoms with van der Waals surface area (Å²) in [6.07, 6.45) is 2.56. The normalized spacial score (nSPS) is 13.9. The largest absolute Gasteiger partial charge is 0.482 e. The van der Waals surface area contributed by atoms with Crippen LogP contribution in [0, 0.1) is 0 Å². The van der Waals surface area contributed by atoms with Crippen LogP contribution in [0.15, 0.2) is 48.5 Å². The zero-order valence-electron chi connectivity index (χ0n) is 15.4. The number of likely N-dealkylation sites (tertiary alicyclic amines) is 1. The number of aliphatic carboxylic acids is 1. The number of ether oxygens (including phenoxy) is 1. The summed E-state index contributed by atoms with van der Waals surface area (Å²) < 4.78 is 5.11. The molecule has 2 aromatic rings. The first-order valence-electron chi connectivity index (χ1n) is 9.14. The second kappa shape index (κ2) is 9.03. The molecule has 1 fully saturated rings. The fraction of sp³-hybridized carbons (Fsp3) is 0.286. The molecule has 2 amide bonds. The lowest BCUT2D eigenvalue weighted by molar-refractivity contribution is -0.139. The van der Waals surface area contributed by atoms with Crippen molar-refractivity contribution < 1.29 is 24.2 Å². The van der Waals surface area contributed by atoms with Gasteiger partial charge in [0.25, 0.3) is 5.91 Å². The minimum Gasteiger partial charge on any atom is -0.482 e.